The zero-order chi connectivity index (χ0) is 8.97. The zero-order valence-electron chi connectivity index (χ0n) is 6.60. The van der Waals surface area contributed by atoms with E-state index in [2.05, 4.69) is 0 Å². The molecule has 0 radical (unpaired) electrons. The third-order valence-electron chi connectivity index (χ3n) is 1.68. The minimum absolute atomic E-state index is 0.129. The molecule has 2 unspecified atom stereocenters. The number of thioether (sulfide) groups is 1. The second-order valence-electron chi connectivity index (χ2n) is 2.66. The molecule has 0 bridgehead atoms. The molecule has 2 N–H and O–H groups in total. The zero-order valence-corrected chi connectivity index (χ0v) is 7.42. The van der Waals surface area contributed by atoms with Gasteiger partial charge in [-0.05, 0) is 12.8 Å². The van der Waals surface area contributed by atoms with Crippen LogP contribution in [0, 0.1) is 0 Å². The summed E-state index contributed by atoms with van der Waals surface area (Å²) < 4.78 is 5.26. The van der Waals surface area contributed by atoms with Gasteiger partial charge in [0.05, 0.1) is 6.10 Å². The Morgan fingerprint density at radius 1 is 1.75 bits per heavy atom. The molecular formula is C7H12O4S. The topological polar surface area (TPSA) is 66.8 Å². The van der Waals surface area contributed by atoms with Crippen molar-refractivity contribution in [2.24, 2.45) is 0 Å². The van der Waals surface area contributed by atoms with Gasteiger partial charge in [0.25, 0.3) is 0 Å². The Bertz CT molecular complexity index is 155. The minimum Gasteiger partial charge on any atom is -0.479 e. The van der Waals surface area contributed by atoms with Crippen molar-refractivity contribution in [2.45, 2.75) is 24.4 Å². The molecule has 1 aliphatic rings. The van der Waals surface area contributed by atoms with Crippen molar-refractivity contribution >= 4 is 17.7 Å². The van der Waals surface area contributed by atoms with Gasteiger partial charge >= 0.3 is 5.97 Å². The van der Waals surface area contributed by atoms with E-state index in [1.807, 2.05) is 0 Å². The molecule has 0 aliphatic carbocycles. The van der Waals surface area contributed by atoms with E-state index in [0.717, 1.165) is 31.2 Å². The number of aliphatic hydroxyl groups excluding tert-OH is 1. The monoisotopic (exact) mass is 192 g/mol. The van der Waals surface area contributed by atoms with E-state index in [1.165, 1.54) is 0 Å². The molecule has 1 heterocycles. The summed E-state index contributed by atoms with van der Waals surface area (Å²) in [6, 6.07) is 0. The van der Waals surface area contributed by atoms with Gasteiger partial charge in [-0.1, -0.05) is 0 Å². The number of carboxylic acids is 1. The molecule has 12 heavy (non-hydrogen) atoms. The number of hydrogen-bond donors (Lipinski definition) is 2. The van der Waals surface area contributed by atoms with E-state index < -0.39 is 11.4 Å². The van der Waals surface area contributed by atoms with E-state index in [-0.39, 0.29) is 6.10 Å². The van der Waals surface area contributed by atoms with E-state index in [1.54, 1.807) is 0 Å². The van der Waals surface area contributed by atoms with Crippen LogP contribution >= 0.6 is 11.8 Å². The van der Waals surface area contributed by atoms with Crippen molar-refractivity contribution in [3.63, 3.8) is 0 Å². The lowest BCUT2D eigenvalue weighted by Crippen LogP contribution is -2.19. The number of aliphatic carboxylic acids is 1. The van der Waals surface area contributed by atoms with Crippen LogP contribution in [-0.2, 0) is 9.53 Å². The maximum absolute atomic E-state index is 10.2. The van der Waals surface area contributed by atoms with Gasteiger partial charge in [-0.2, -0.15) is 0 Å². The van der Waals surface area contributed by atoms with Gasteiger partial charge in [0.15, 0.2) is 5.44 Å². The predicted octanol–water partition coefficient (Wildman–Crippen LogP) is 0.302. The van der Waals surface area contributed by atoms with E-state index in [9.17, 15) is 4.79 Å². The van der Waals surface area contributed by atoms with Crippen LogP contribution in [0.4, 0.5) is 0 Å². The van der Waals surface area contributed by atoms with Gasteiger partial charge in [0.1, 0.15) is 0 Å². The Balaban J connectivity index is 2.11. The number of hydrogen-bond acceptors (Lipinski definition) is 4. The van der Waals surface area contributed by atoms with Crippen molar-refractivity contribution in [2.75, 3.05) is 12.4 Å². The first-order chi connectivity index (χ1) is 5.70. The molecule has 1 fully saturated rings. The molecule has 2 atom stereocenters. The number of rotatable bonds is 4. The van der Waals surface area contributed by atoms with Gasteiger partial charge in [-0.3, -0.25) is 0 Å². The van der Waals surface area contributed by atoms with Crippen LogP contribution in [0.25, 0.3) is 0 Å². The molecule has 4 nitrogen and oxygen atoms in total. The van der Waals surface area contributed by atoms with Crippen molar-refractivity contribution in [3.8, 4) is 0 Å². The fraction of sp³-hybridized carbons (Fsp3) is 0.857. The first kappa shape index (κ1) is 9.83. The lowest BCUT2D eigenvalue weighted by atomic mass is 10.3. The van der Waals surface area contributed by atoms with Crippen molar-refractivity contribution in [1.82, 2.24) is 0 Å². The van der Waals surface area contributed by atoms with Gasteiger partial charge in [-0.15, -0.1) is 11.8 Å². The van der Waals surface area contributed by atoms with Gasteiger partial charge in [-0.25, -0.2) is 4.79 Å². The highest BCUT2D eigenvalue weighted by molar-refractivity contribution is 8.00. The maximum Gasteiger partial charge on any atom is 0.343 e. The number of carbonyl (C=O) groups is 1. The smallest absolute Gasteiger partial charge is 0.343 e. The van der Waals surface area contributed by atoms with Crippen LogP contribution in [-0.4, -0.2) is 40.1 Å². The summed E-state index contributed by atoms with van der Waals surface area (Å²) in [4.78, 5) is 10.2. The molecule has 5 heteroatoms. The molecule has 0 spiro atoms. The summed E-state index contributed by atoms with van der Waals surface area (Å²) in [6.07, 6.45) is 2.14. The third kappa shape index (κ3) is 3.00. The van der Waals surface area contributed by atoms with Crippen molar-refractivity contribution < 1.29 is 19.7 Å². The minimum atomic E-state index is -1.31. The molecule has 0 saturated carbocycles. The average molecular weight is 192 g/mol. The largest absolute Gasteiger partial charge is 0.479 e. The lowest BCUT2D eigenvalue weighted by molar-refractivity contribution is -0.141. The highest BCUT2D eigenvalue weighted by Crippen LogP contribution is 2.19. The van der Waals surface area contributed by atoms with Crippen LogP contribution in [0.15, 0.2) is 0 Å². The first-order valence-electron chi connectivity index (χ1n) is 3.84. The normalized spacial score (nSPS) is 25.6. The number of ether oxygens (including phenoxy) is 1. The molecule has 0 aromatic heterocycles. The summed E-state index contributed by atoms with van der Waals surface area (Å²) in [5.74, 6) is -0.619. The fourth-order valence-corrected chi connectivity index (χ4v) is 1.85. The van der Waals surface area contributed by atoms with Crippen LogP contribution < -0.4 is 0 Å². The van der Waals surface area contributed by atoms with Crippen molar-refractivity contribution in [3.05, 3.63) is 0 Å². The summed E-state index contributed by atoms with van der Waals surface area (Å²) in [5.41, 5.74) is -1.31. The molecule has 1 saturated heterocycles. The second-order valence-corrected chi connectivity index (χ2v) is 3.77. The van der Waals surface area contributed by atoms with Gasteiger partial charge < -0.3 is 14.9 Å². The molecule has 0 aromatic carbocycles. The van der Waals surface area contributed by atoms with Crippen LogP contribution in [0.5, 0.6) is 0 Å². The molecular weight excluding hydrogens is 180 g/mol. The highest BCUT2D eigenvalue weighted by atomic mass is 32.2. The lowest BCUT2D eigenvalue weighted by Gasteiger charge is -2.09. The Kier molecular flexibility index (Phi) is 3.84. The third-order valence-corrected chi connectivity index (χ3v) is 2.76. The fourth-order valence-electron chi connectivity index (χ4n) is 1.05. The summed E-state index contributed by atoms with van der Waals surface area (Å²) >= 11 is 1.01. The first-order valence-corrected chi connectivity index (χ1v) is 4.89. The Morgan fingerprint density at radius 3 is 3.00 bits per heavy atom. The quantitative estimate of drug-likeness (QED) is 0.627. The number of carboxylic acid groups (broad SMARTS) is 1. The van der Waals surface area contributed by atoms with E-state index >= 15 is 0 Å². The number of aliphatic hydroxyl groups is 1. The Morgan fingerprint density at radius 2 is 2.50 bits per heavy atom. The molecule has 0 aromatic rings. The molecule has 0 amide bonds. The summed E-state index contributed by atoms with van der Waals surface area (Å²) in [7, 11) is 0. The standard InChI is InChI=1S/C7H12O4S/c8-6(9)7(10)12-4-5-2-1-3-11-5/h5,7,10H,1-4H2,(H,8,9). The summed E-state index contributed by atoms with van der Waals surface area (Å²) in [6.45, 7) is 0.758. The van der Waals surface area contributed by atoms with Crippen molar-refractivity contribution in [1.29, 1.82) is 0 Å². The van der Waals surface area contributed by atoms with Gasteiger partial charge in [0, 0.05) is 12.4 Å². The van der Waals surface area contributed by atoms with Crippen LogP contribution in [0.2, 0.25) is 0 Å². The highest BCUT2D eigenvalue weighted by Gasteiger charge is 2.20. The van der Waals surface area contributed by atoms with E-state index in [0.29, 0.717) is 5.75 Å². The SMILES string of the molecule is O=C(O)C(O)SCC1CCCO1. The van der Waals surface area contributed by atoms with E-state index in [4.69, 9.17) is 14.9 Å². The van der Waals surface area contributed by atoms with Crippen LogP contribution in [0.1, 0.15) is 12.8 Å². The summed E-state index contributed by atoms with van der Waals surface area (Å²) in [5, 5.41) is 17.2. The average Bonchev–Trinajstić information content (AvgIpc) is 2.51. The van der Waals surface area contributed by atoms with Crippen LogP contribution in [0.3, 0.4) is 0 Å². The molecule has 1 rings (SSSR count). The molecule has 70 valence electrons. The predicted molar refractivity (Wildman–Crippen MR) is 45.1 cm³/mol. The second kappa shape index (κ2) is 4.69. The Hall–Kier alpha value is -0.260. The Labute approximate surface area is 74.9 Å². The van der Waals surface area contributed by atoms with Gasteiger partial charge in [0.2, 0.25) is 0 Å². The molecule has 1 aliphatic heterocycles. The maximum atomic E-state index is 10.2.